The van der Waals surface area contributed by atoms with E-state index in [9.17, 15) is 9.18 Å². The summed E-state index contributed by atoms with van der Waals surface area (Å²) in [4.78, 5) is 14.0. The highest BCUT2D eigenvalue weighted by Gasteiger charge is 2.08. The van der Waals surface area contributed by atoms with Gasteiger partial charge < -0.3 is 4.90 Å². The number of H-pyrrole nitrogens is 1. The van der Waals surface area contributed by atoms with E-state index in [1.165, 1.54) is 12.1 Å². The minimum Gasteiger partial charge on any atom is -0.346 e. The number of amides is 1. The zero-order valence-electron chi connectivity index (χ0n) is 16.9. The Morgan fingerprint density at radius 1 is 1.17 bits per heavy atom. The lowest BCUT2D eigenvalue weighted by atomic mass is 10.1. The Kier molecular flexibility index (Phi) is 7.55. The first-order valence-corrected chi connectivity index (χ1v) is 10.1. The quantitative estimate of drug-likeness (QED) is 0.496. The maximum absolute atomic E-state index is 13.0. The molecule has 0 unspecified atom stereocenters. The summed E-state index contributed by atoms with van der Waals surface area (Å²) in [6, 6.07) is 10.3. The molecular formula is C22H28FN5O. The van der Waals surface area contributed by atoms with E-state index in [1.807, 2.05) is 35.0 Å². The van der Waals surface area contributed by atoms with E-state index in [2.05, 4.69) is 15.3 Å². The predicted molar refractivity (Wildman–Crippen MR) is 111 cm³/mol. The molecule has 3 aromatic rings. The molecule has 0 saturated heterocycles. The fraction of sp³-hybridized carbons (Fsp3) is 0.409. The number of hydrogen-bond donors (Lipinski definition) is 1. The first-order chi connectivity index (χ1) is 14.1. The van der Waals surface area contributed by atoms with Crippen molar-refractivity contribution in [3.8, 4) is 11.3 Å². The van der Waals surface area contributed by atoms with E-state index in [1.54, 1.807) is 18.3 Å². The summed E-state index contributed by atoms with van der Waals surface area (Å²) in [5.41, 5.74) is 2.81. The van der Waals surface area contributed by atoms with Gasteiger partial charge in [0.1, 0.15) is 5.82 Å². The highest BCUT2D eigenvalue weighted by Crippen LogP contribution is 2.19. The number of nitrogens with one attached hydrogen (secondary N) is 1. The summed E-state index contributed by atoms with van der Waals surface area (Å²) in [5, 5.41) is 11.5. The molecule has 1 aromatic carbocycles. The Morgan fingerprint density at radius 3 is 2.76 bits per heavy atom. The molecule has 3 rings (SSSR count). The van der Waals surface area contributed by atoms with Crippen molar-refractivity contribution < 1.29 is 9.18 Å². The average Bonchev–Trinajstić information content (AvgIpc) is 3.40. The Labute approximate surface area is 170 Å². The molecule has 2 heterocycles. The highest BCUT2D eigenvalue weighted by atomic mass is 19.1. The Bertz CT molecular complexity index is 873. The second-order valence-electron chi connectivity index (χ2n) is 7.28. The number of halogens is 1. The molecule has 1 N–H and O–H groups in total. The zero-order chi connectivity index (χ0) is 20.5. The highest BCUT2D eigenvalue weighted by molar-refractivity contribution is 5.75. The second-order valence-corrected chi connectivity index (χ2v) is 7.28. The maximum atomic E-state index is 13.0. The van der Waals surface area contributed by atoms with Gasteiger partial charge in [-0.2, -0.15) is 10.2 Å². The van der Waals surface area contributed by atoms with Crippen molar-refractivity contribution in [1.29, 1.82) is 0 Å². The molecule has 0 saturated carbocycles. The van der Waals surface area contributed by atoms with Crippen molar-refractivity contribution in [3.05, 3.63) is 60.3 Å². The normalized spacial score (nSPS) is 11.0. The predicted octanol–water partition coefficient (Wildman–Crippen LogP) is 4.06. The van der Waals surface area contributed by atoms with Crippen LogP contribution < -0.4 is 0 Å². The van der Waals surface area contributed by atoms with Gasteiger partial charge >= 0.3 is 0 Å². The number of nitrogens with zero attached hydrogens (tertiary/aromatic N) is 4. The van der Waals surface area contributed by atoms with Gasteiger partial charge in [0.05, 0.1) is 5.69 Å². The van der Waals surface area contributed by atoms with Crippen molar-refractivity contribution in [2.45, 2.75) is 45.1 Å². The minimum absolute atomic E-state index is 0.190. The third-order valence-corrected chi connectivity index (χ3v) is 4.97. The lowest BCUT2D eigenvalue weighted by Crippen LogP contribution is -2.27. The maximum Gasteiger partial charge on any atom is 0.222 e. The van der Waals surface area contributed by atoms with Crippen LogP contribution in [0, 0.1) is 5.82 Å². The fourth-order valence-electron chi connectivity index (χ4n) is 3.24. The van der Waals surface area contributed by atoms with Crippen LogP contribution in [0.4, 0.5) is 4.39 Å². The molecule has 0 radical (unpaired) electrons. The van der Waals surface area contributed by atoms with E-state index >= 15 is 0 Å². The van der Waals surface area contributed by atoms with Gasteiger partial charge in [-0.3, -0.25) is 14.6 Å². The molecule has 29 heavy (non-hydrogen) atoms. The molecule has 0 aliphatic carbocycles. The Balaban J connectivity index is 1.29. The van der Waals surface area contributed by atoms with Crippen LogP contribution in [-0.2, 0) is 17.8 Å². The van der Waals surface area contributed by atoms with Crippen LogP contribution in [0.2, 0.25) is 0 Å². The molecule has 1 amide bonds. The van der Waals surface area contributed by atoms with Crippen LogP contribution in [-0.4, -0.2) is 44.4 Å². The molecule has 0 fully saturated rings. The molecule has 0 atom stereocenters. The standard InChI is InChI=1S/C22H28FN5O/c1-27(22(29)8-5-15-28-16-6-13-24-28)14-4-2-3-7-20-17-21(26-25-20)18-9-11-19(23)12-10-18/h6,9-13,16-17H,2-5,7-8,14-15H2,1H3,(H,25,26). The lowest BCUT2D eigenvalue weighted by molar-refractivity contribution is -0.130. The third-order valence-electron chi connectivity index (χ3n) is 4.97. The number of unbranched alkanes of at least 4 members (excludes halogenated alkanes) is 2. The van der Waals surface area contributed by atoms with Crippen molar-refractivity contribution in [1.82, 2.24) is 24.9 Å². The van der Waals surface area contributed by atoms with E-state index in [-0.39, 0.29) is 11.7 Å². The lowest BCUT2D eigenvalue weighted by Gasteiger charge is -2.17. The summed E-state index contributed by atoms with van der Waals surface area (Å²) >= 11 is 0. The van der Waals surface area contributed by atoms with Crippen LogP contribution >= 0.6 is 0 Å². The monoisotopic (exact) mass is 397 g/mol. The summed E-state index contributed by atoms with van der Waals surface area (Å²) in [7, 11) is 1.88. The minimum atomic E-state index is -0.245. The SMILES string of the molecule is CN(CCCCCc1cc(-c2ccc(F)cc2)n[nH]1)C(=O)CCCn1cccn1. The van der Waals surface area contributed by atoms with Crippen molar-refractivity contribution in [2.75, 3.05) is 13.6 Å². The molecule has 7 heteroatoms. The number of aromatic nitrogens is 4. The van der Waals surface area contributed by atoms with Crippen LogP contribution in [0.25, 0.3) is 11.3 Å². The summed E-state index contributed by atoms with van der Waals surface area (Å²) < 4.78 is 14.9. The number of benzene rings is 1. The van der Waals surface area contributed by atoms with E-state index in [0.717, 1.165) is 62.1 Å². The summed E-state index contributed by atoms with van der Waals surface area (Å²) in [5.74, 6) is -0.0551. The van der Waals surface area contributed by atoms with Gasteiger partial charge in [-0.25, -0.2) is 4.39 Å². The van der Waals surface area contributed by atoms with Crippen LogP contribution in [0.1, 0.15) is 37.8 Å². The Hall–Kier alpha value is -2.96. The summed E-state index contributed by atoms with van der Waals surface area (Å²) in [6.45, 7) is 1.56. The van der Waals surface area contributed by atoms with Gasteiger partial charge in [-0.15, -0.1) is 0 Å². The first-order valence-electron chi connectivity index (χ1n) is 10.1. The van der Waals surface area contributed by atoms with Gasteiger partial charge in [0.25, 0.3) is 0 Å². The molecule has 0 aliphatic rings. The number of aryl methyl sites for hydroxylation is 2. The number of aromatic amines is 1. The molecule has 6 nitrogen and oxygen atoms in total. The van der Waals surface area contributed by atoms with E-state index < -0.39 is 0 Å². The number of carbonyl (C=O) groups excluding carboxylic acids is 1. The van der Waals surface area contributed by atoms with Gasteiger partial charge in [0.15, 0.2) is 0 Å². The zero-order valence-corrected chi connectivity index (χ0v) is 16.9. The van der Waals surface area contributed by atoms with Crippen molar-refractivity contribution in [3.63, 3.8) is 0 Å². The Morgan fingerprint density at radius 2 is 2.00 bits per heavy atom. The van der Waals surface area contributed by atoms with Crippen LogP contribution in [0.3, 0.4) is 0 Å². The molecule has 154 valence electrons. The van der Waals surface area contributed by atoms with Crippen molar-refractivity contribution in [2.24, 2.45) is 0 Å². The first kappa shape index (κ1) is 20.8. The molecular weight excluding hydrogens is 369 g/mol. The number of rotatable bonds is 11. The second kappa shape index (κ2) is 10.5. The molecule has 0 spiro atoms. The number of hydrogen-bond acceptors (Lipinski definition) is 3. The number of carbonyl (C=O) groups is 1. The van der Waals surface area contributed by atoms with Gasteiger partial charge in [-0.05, 0) is 62.1 Å². The molecule has 2 aromatic heterocycles. The fourth-order valence-corrected chi connectivity index (χ4v) is 3.24. The van der Waals surface area contributed by atoms with Crippen LogP contribution in [0.15, 0.2) is 48.8 Å². The van der Waals surface area contributed by atoms with Crippen molar-refractivity contribution >= 4 is 5.91 Å². The largest absolute Gasteiger partial charge is 0.346 e. The van der Waals surface area contributed by atoms with Gasteiger partial charge in [-0.1, -0.05) is 6.42 Å². The van der Waals surface area contributed by atoms with Crippen LogP contribution in [0.5, 0.6) is 0 Å². The summed E-state index contributed by atoms with van der Waals surface area (Å²) in [6.07, 6.45) is 9.01. The van der Waals surface area contributed by atoms with Gasteiger partial charge in [0, 0.05) is 50.2 Å². The molecule has 0 aliphatic heterocycles. The van der Waals surface area contributed by atoms with Gasteiger partial charge in [0.2, 0.25) is 5.91 Å². The molecule has 0 bridgehead atoms. The van der Waals surface area contributed by atoms with E-state index in [4.69, 9.17) is 0 Å². The van der Waals surface area contributed by atoms with E-state index in [0.29, 0.717) is 6.42 Å². The topological polar surface area (TPSA) is 66.8 Å². The third kappa shape index (κ3) is 6.55. The average molecular weight is 397 g/mol. The smallest absolute Gasteiger partial charge is 0.222 e.